The Balaban J connectivity index is 1.48. The molecule has 0 fully saturated rings. The SMILES string of the molecule is Cc1ccc(-c2nnc([C@H](C)Sc3nnc(-c4cccc([N+](=O)[O-])c4)o3)o2)cc1. The van der Waals surface area contributed by atoms with E-state index in [9.17, 15) is 10.1 Å². The topological polar surface area (TPSA) is 121 Å². The van der Waals surface area contributed by atoms with Crippen molar-refractivity contribution in [2.24, 2.45) is 0 Å². The fourth-order valence-electron chi connectivity index (χ4n) is 2.54. The van der Waals surface area contributed by atoms with E-state index in [4.69, 9.17) is 8.83 Å². The van der Waals surface area contributed by atoms with Gasteiger partial charge in [0.15, 0.2) is 0 Å². The highest BCUT2D eigenvalue weighted by Crippen LogP contribution is 2.35. The molecule has 146 valence electrons. The van der Waals surface area contributed by atoms with Crippen LogP contribution in [0.4, 0.5) is 5.69 Å². The van der Waals surface area contributed by atoms with Crippen molar-refractivity contribution in [2.45, 2.75) is 24.3 Å². The van der Waals surface area contributed by atoms with Gasteiger partial charge in [-0.2, -0.15) is 0 Å². The third kappa shape index (κ3) is 4.16. The molecule has 9 nitrogen and oxygen atoms in total. The van der Waals surface area contributed by atoms with Gasteiger partial charge < -0.3 is 8.83 Å². The van der Waals surface area contributed by atoms with E-state index in [2.05, 4.69) is 20.4 Å². The van der Waals surface area contributed by atoms with Gasteiger partial charge in [-0.05, 0) is 32.0 Å². The van der Waals surface area contributed by atoms with Crippen LogP contribution in [0.15, 0.2) is 62.6 Å². The lowest BCUT2D eigenvalue weighted by Gasteiger charge is -2.02. The van der Waals surface area contributed by atoms with Crippen molar-refractivity contribution in [3.63, 3.8) is 0 Å². The molecule has 1 atom stereocenters. The fraction of sp³-hybridized carbons (Fsp3) is 0.158. The highest BCUT2D eigenvalue weighted by Gasteiger charge is 2.20. The molecule has 2 aromatic heterocycles. The number of hydrogen-bond donors (Lipinski definition) is 0. The lowest BCUT2D eigenvalue weighted by atomic mass is 10.1. The van der Waals surface area contributed by atoms with E-state index < -0.39 is 4.92 Å². The summed E-state index contributed by atoms with van der Waals surface area (Å²) in [7, 11) is 0. The maximum Gasteiger partial charge on any atom is 0.277 e. The summed E-state index contributed by atoms with van der Waals surface area (Å²) in [4.78, 5) is 10.5. The van der Waals surface area contributed by atoms with Gasteiger partial charge in [-0.1, -0.05) is 35.5 Å². The number of aromatic nitrogens is 4. The first kappa shape index (κ1) is 18.8. The first-order chi connectivity index (χ1) is 14.0. The summed E-state index contributed by atoms with van der Waals surface area (Å²) in [5.41, 5.74) is 2.43. The zero-order valence-corrected chi connectivity index (χ0v) is 16.3. The number of thioether (sulfide) groups is 1. The molecule has 0 radical (unpaired) electrons. The molecule has 0 bridgehead atoms. The second kappa shape index (κ2) is 7.84. The number of rotatable bonds is 6. The second-order valence-corrected chi connectivity index (χ2v) is 7.54. The number of nitro groups is 1. The van der Waals surface area contributed by atoms with Gasteiger partial charge in [0.2, 0.25) is 17.7 Å². The second-order valence-electron chi connectivity index (χ2n) is 6.25. The highest BCUT2D eigenvalue weighted by atomic mass is 32.2. The van der Waals surface area contributed by atoms with E-state index in [1.54, 1.807) is 12.1 Å². The number of non-ortho nitro benzene ring substituents is 1. The van der Waals surface area contributed by atoms with E-state index in [1.807, 2.05) is 38.1 Å². The number of nitrogens with zero attached hydrogens (tertiary/aromatic N) is 5. The summed E-state index contributed by atoms with van der Waals surface area (Å²) < 4.78 is 11.4. The van der Waals surface area contributed by atoms with Crippen LogP contribution < -0.4 is 0 Å². The monoisotopic (exact) mass is 409 g/mol. The Morgan fingerprint density at radius 1 is 0.966 bits per heavy atom. The van der Waals surface area contributed by atoms with Crippen molar-refractivity contribution in [3.8, 4) is 22.9 Å². The van der Waals surface area contributed by atoms with E-state index in [0.29, 0.717) is 22.6 Å². The van der Waals surface area contributed by atoms with E-state index >= 15 is 0 Å². The van der Waals surface area contributed by atoms with Gasteiger partial charge >= 0.3 is 0 Å². The summed E-state index contributed by atoms with van der Waals surface area (Å²) in [5, 5.41) is 27.2. The molecule has 0 aliphatic carbocycles. The smallest absolute Gasteiger partial charge is 0.277 e. The van der Waals surface area contributed by atoms with Gasteiger partial charge in [-0.15, -0.1) is 20.4 Å². The summed E-state index contributed by atoms with van der Waals surface area (Å²) in [5.74, 6) is 1.07. The van der Waals surface area contributed by atoms with Gasteiger partial charge in [-0.25, -0.2) is 0 Å². The average Bonchev–Trinajstić information content (AvgIpc) is 3.38. The van der Waals surface area contributed by atoms with E-state index in [1.165, 1.54) is 23.9 Å². The summed E-state index contributed by atoms with van der Waals surface area (Å²) in [6.45, 7) is 3.89. The van der Waals surface area contributed by atoms with Crippen molar-refractivity contribution in [3.05, 3.63) is 70.1 Å². The summed E-state index contributed by atoms with van der Waals surface area (Å²) in [6.07, 6.45) is 0. The predicted octanol–water partition coefficient (Wildman–Crippen LogP) is 4.86. The minimum atomic E-state index is -0.473. The first-order valence-electron chi connectivity index (χ1n) is 8.65. The maximum atomic E-state index is 10.9. The zero-order valence-electron chi connectivity index (χ0n) is 15.5. The van der Waals surface area contributed by atoms with Gasteiger partial charge in [-0.3, -0.25) is 10.1 Å². The molecule has 2 heterocycles. The van der Waals surface area contributed by atoms with Crippen molar-refractivity contribution < 1.29 is 13.8 Å². The Hall–Kier alpha value is -3.53. The lowest BCUT2D eigenvalue weighted by molar-refractivity contribution is -0.384. The molecule has 0 aliphatic rings. The molecule has 0 saturated carbocycles. The van der Waals surface area contributed by atoms with Crippen LogP contribution in [-0.2, 0) is 0 Å². The van der Waals surface area contributed by atoms with Crippen LogP contribution >= 0.6 is 11.8 Å². The van der Waals surface area contributed by atoms with Crippen LogP contribution in [0, 0.1) is 17.0 Å². The van der Waals surface area contributed by atoms with Crippen LogP contribution in [0.1, 0.15) is 23.6 Å². The highest BCUT2D eigenvalue weighted by molar-refractivity contribution is 7.99. The molecular weight excluding hydrogens is 394 g/mol. The number of hydrogen-bond acceptors (Lipinski definition) is 9. The zero-order chi connectivity index (χ0) is 20.4. The molecule has 4 aromatic rings. The Labute approximate surface area is 169 Å². The van der Waals surface area contributed by atoms with Crippen molar-refractivity contribution >= 4 is 17.4 Å². The molecule has 2 aromatic carbocycles. The minimum absolute atomic E-state index is 0.0437. The van der Waals surface area contributed by atoms with E-state index in [0.717, 1.165) is 11.1 Å². The molecular formula is C19H15N5O4S. The molecule has 0 unspecified atom stereocenters. The standard InChI is InChI=1S/C19H15N5O4S/c1-11-6-8-13(9-7-11)17-21-20-16(27-17)12(2)29-19-23-22-18(28-19)14-4-3-5-15(10-14)24(25)26/h3-10,12H,1-2H3/t12-/m0/s1. The Kier molecular flexibility index (Phi) is 5.09. The normalized spacial score (nSPS) is 12.1. The van der Waals surface area contributed by atoms with Crippen molar-refractivity contribution in [1.29, 1.82) is 0 Å². The molecule has 29 heavy (non-hydrogen) atoms. The number of benzene rings is 2. The fourth-order valence-corrected chi connectivity index (χ4v) is 3.25. The largest absolute Gasteiger partial charge is 0.419 e. The Bertz CT molecular complexity index is 1160. The number of aryl methyl sites for hydroxylation is 1. The first-order valence-corrected chi connectivity index (χ1v) is 9.53. The third-order valence-electron chi connectivity index (χ3n) is 4.07. The third-order valence-corrected chi connectivity index (χ3v) is 5.00. The van der Waals surface area contributed by atoms with E-state index in [-0.39, 0.29) is 16.8 Å². The summed E-state index contributed by atoms with van der Waals surface area (Å²) >= 11 is 1.26. The molecule has 0 amide bonds. The van der Waals surface area contributed by atoms with Crippen LogP contribution in [0.2, 0.25) is 0 Å². The van der Waals surface area contributed by atoms with Crippen LogP contribution in [0.5, 0.6) is 0 Å². The van der Waals surface area contributed by atoms with Crippen molar-refractivity contribution in [2.75, 3.05) is 0 Å². The lowest BCUT2D eigenvalue weighted by Crippen LogP contribution is -1.88. The quantitative estimate of drug-likeness (QED) is 0.250. The van der Waals surface area contributed by atoms with Crippen molar-refractivity contribution in [1.82, 2.24) is 20.4 Å². The number of nitro benzene ring substituents is 1. The van der Waals surface area contributed by atoms with Gasteiger partial charge in [0, 0.05) is 23.3 Å². The van der Waals surface area contributed by atoms with Gasteiger partial charge in [0.1, 0.15) is 0 Å². The van der Waals surface area contributed by atoms with Gasteiger partial charge in [0.05, 0.1) is 10.2 Å². The van der Waals surface area contributed by atoms with Crippen LogP contribution in [0.3, 0.4) is 0 Å². The van der Waals surface area contributed by atoms with Gasteiger partial charge in [0.25, 0.3) is 10.9 Å². The maximum absolute atomic E-state index is 10.9. The van der Waals surface area contributed by atoms with Crippen LogP contribution in [-0.4, -0.2) is 25.3 Å². The molecule has 4 rings (SSSR count). The van der Waals surface area contributed by atoms with Crippen LogP contribution in [0.25, 0.3) is 22.9 Å². The molecule has 0 spiro atoms. The molecule has 10 heteroatoms. The minimum Gasteiger partial charge on any atom is -0.419 e. The average molecular weight is 409 g/mol. The predicted molar refractivity (Wildman–Crippen MR) is 105 cm³/mol. The Morgan fingerprint density at radius 2 is 1.69 bits per heavy atom. The summed E-state index contributed by atoms with van der Waals surface area (Å²) in [6, 6.07) is 13.8. The Morgan fingerprint density at radius 3 is 2.45 bits per heavy atom. The molecule has 0 saturated heterocycles. The molecule has 0 aliphatic heterocycles. The molecule has 0 N–H and O–H groups in total.